The Labute approximate surface area is 124 Å². The molecule has 1 aliphatic heterocycles. The second kappa shape index (κ2) is 5.22. The van der Waals surface area contributed by atoms with Gasteiger partial charge in [-0.05, 0) is 30.3 Å². The van der Waals surface area contributed by atoms with Crippen LogP contribution in [-0.4, -0.2) is 17.0 Å². The van der Waals surface area contributed by atoms with Gasteiger partial charge >= 0.3 is 6.18 Å². The molecule has 0 aromatic heterocycles. The summed E-state index contributed by atoms with van der Waals surface area (Å²) < 4.78 is 39.5. The molecule has 0 bridgehead atoms. The molecule has 0 atom stereocenters. The van der Waals surface area contributed by atoms with Gasteiger partial charge in [0.05, 0.1) is 17.1 Å². The lowest BCUT2D eigenvalue weighted by Gasteiger charge is -2.13. The zero-order chi connectivity index (χ0) is 15.7. The molecule has 0 unspecified atom stereocenters. The highest BCUT2D eigenvalue weighted by molar-refractivity contribution is 6.13. The summed E-state index contributed by atoms with van der Waals surface area (Å²) in [6, 6.07) is 12.6. The van der Waals surface area contributed by atoms with Gasteiger partial charge in [0.1, 0.15) is 11.4 Å². The van der Waals surface area contributed by atoms with Gasteiger partial charge in [-0.15, -0.1) is 0 Å². The molecular weight excluding hydrogens is 293 g/mol. The average molecular weight is 304 g/mol. The first-order valence-corrected chi connectivity index (χ1v) is 6.47. The predicted molar refractivity (Wildman–Crippen MR) is 78.5 cm³/mol. The van der Waals surface area contributed by atoms with Crippen LogP contribution < -0.4 is 5.32 Å². The van der Waals surface area contributed by atoms with Crippen molar-refractivity contribution in [3.63, 3.8) is 0 Å². The fourth-order valence-electron chi connectivity index (χ4n) is 2.14. The Morgan fingerprint density at radius 3 is 2.36 bits per heavy atom. The summed E-state index contributed by atoms with van der Waals surface area (Å²) in [4.78, 5) is 4.25. The highest BCUT2D eigenvalue weighted by Crippen LogP contribution is 2.35. The normalized spacial score (nSPS) is 14.3. The number of aliphatic imine (C=N–C) groups is 1. The van der Waals surface area contributed by atoms with Gasteiger partial charge < -0.3 is 10.4 Å². The van der Waals surface area contributed by atoms with Crippen LogP contribution in [0.4, 0.5) is 24.5 Å². The SMILES string of the molecule is Oc1ccccc1C1=Nc2ccccc2NC(C(F)(F)F)=C1. The number of benzene rings is 2. The van der Waals surface area contributed by atoms with Gasteiger partial charge in [-0.3, -0.25) is 0 Å². The number of hydrogen-bond donors (Lipinski definition) is 2. The Bertz CT molecular complexity index is 779. The fourth-order valence-corrected chi connectivity index (χ4v) is 2.14. The van der Waals surface area contributed by atoms with E-state index in [9.17, 15) is 18.3 Å². The lowest BCUT2D eigenvalue weighted by Crippen LogP contribution is -2.19. The summed E-state index contributed by atoms with van der Waals surface area (Å²) in [5.41, 5.74) is -0.0159. The first kappa shape index (κ1) is 14.2. The largest absolute Gasteiger partial charge is 0.507 e. The van der Waals surface area contributed by atoms with E-state index in [-0.39, 0.29) is 22.7 Å². The molecule has 2 aromatic carbocycles. The van der Waals surface area contributed by atoms with E-state index in [1.165, 1.54) is 18.2 Å². The van der Waals surface area contributed by atoms with Gasteiger partial charge in [-0.25, -0.2) is 4.99 Å². The van der Waals surface area contributed by atoms with Crippen molar-refractivity contribution in [1.82, 2.24) is 0 Å². The zero-order valence-electron chi connectivity index (χ0n) is 11.2. The zero-order valence-corrected chi connectivity index (χ0v) is 11.2. The molecule has 1 heterocycles. The van der Waals surface area contributed by atoms with E-state index < -0.39 is 11.9 Å². The minimum Gasteiger partial charge on any atom is -0.507 e. The maximum absolute atomic E-state index is 13.2. The minimum absolute atomic E-state index is 0.0443. The summed E-state index contributed by atoms with van der Waals surface area (Å²) in [6.07, 6.45) is -3.66. The Morgan fingerprint density at radius 2 is 1.64 bits per heavy atom. The molecule has 2 N–H and O–H groups in total. The van der Waals surface area contributed by atoms with Crippen LogP contribution in [0.5, 0.6) is 5.75 Å². The minimum atomic E-state index is -4.55. The van der Waals surface area contributed by atoms with E-state index in [0.717, 1.165) is 6.08 Å². The maximum atomic E-state index is 13.2. The molecule has 0 fully saturated rings. The number of alkyl halides is 3. The van der Waals surface area contributed by atoms with E-state index in [4.69, 9.17) is 0 Å². The van der Waals surface area contributed by atoms with Crippen LogP contribution >= 0.6 is 0 Å². The monoisotopic (exact) mass is 304 g/mol. The fraction of sp³-hybridized carbons (Fsp3) is 0.0625. The van der Waals surface area contributed by atoms with Crippen molar-refractivity contribution in [3.8, 4) is 5.75 Å². The highest BCUT2D eigenvalue weighted by atomic mass is 19.4. The molecule has 3 nitrogen and oxygen atoms in total. The van der Waals surface area contributed by atoms with Crippen LogP contribution in [0, 0.1) is 0 Å². The predicted octanol–water partition coefficient (Wildman–Crippen LogP) is 4.38. The van der Waals surface area contributed by atoms with E-state index in [0.29, 0.717) is 5.69 Å². The van der Waals surface area contributed by atoms with E-state index in [2.05, 4.69) is 10.3 Å². The van der Waals surface area contributed by atoms with Crippen molar-refractivity contribution in [3.05, 3.63) is 65.9 Å². The maximum Gasteiger partial charge on any atom is 0.431 e. The number of phenolic OH excluding ortho intramolecular Hbond substituents is 1. The molecule has 22 heavy (non-hydrogen) atoms. The molecule has 0 radical (unpaired) electrons. The van der Waals surface area contributed by atoms with Gasteiger partial charge in [-0.1, -0.05) is 24.3 Å². The molecule has 1 aliphatic rings. The molecule has 0 aliphatic carbocycles. The van der Waals surface area contributed by atoms with Crippen LogP contribution in [-0.2, 0) is 0 Å². The standard InChI is InChI=1S/C16H11F3N2O/c17-16(18,19)15-9-13(10-5-1-4-8-14(10)22)20-11-6-2-3-7-12(11)21-15/h1-9,21-22H. The molecule has 0 amide bonds. The Kier molecular flexibility index (Phi) is 3.36. The average Bonchev–Trinajstić information content (AvgIpc) is 2.66. The van der Waals surface area contributed by atoms with Crippen molar-refractivity contribution in [2.45, 2.75) is 6.18 Å². The number of phenols is 1. The van der Waals surface area contributed by atoms with E-state index in [1.807, 2.05) is 0 Å². The van der Waals surface area contributed by atoms with Crippen LogP contribution in [0.2, 0.25) is 0 Å². The third-order valence-electron chi connectivity index (χ3n) is 3.18. The summed E-state index contributed by atoms with van der Waals surface area (Å²) in [7, 11) is 0. The number of anilines is 1. The van der Waals surface area contributed by atoms with Crippen molar-refractivity contribution < 1.29 is 18.3 Å². The highest BCUT2D eigenvalue weighted by Gasteiger charge is 2.35. The Hall–Kier alpha value is -2.76. The van der Waals surface area contributed by atoms with Crippen molar-refractivity contribution >= 4 is 17.1 Å². The van der Waals surface area contributed by atoms with Gasteiger partial charge in [0.25, 0.3) is 0 Å². The summed E-state index contributed by atoms with van der Waals surface area (Å²) in [5.74, 6) is -0.126. The number of allylic oxidation sites excluding steroid dienone is 2. The topological polar surface area (TPSA) is 44.6 Å². The first-order chi connectivity index (χ1) is 10.4. The number of nitrogens with zero attached hydrogens (tertiary/aromatic N) is 1. The van der Waals surface area contributed by atoms with Crippen molar-refractivity contribution in [2.24, 2.45) is 4.99 Å². The first-order valence-electron chi connectivity index (χ1n) is 6.47. The van der Waals surface area contributed by atoms with E-state index in [1.54, 1.807) is 30.3 Å². The van der Waals surface area contributed by atoms with Crippen molar-refractivity contribution in [2.75, 3.05) is 5.32 Å². The Morgan fingerprint density at radius 1 is 0.955 bits per heavy atom. The smallest absolute Gasteiger partial charge is 0.431 e. The van der Waals surface area contributed by atoms with Gasteiger partial charge in [0.15, 0.2) is 0 Å². The van der Waals surface area contributed by atoms with Crippen LogP contribution in [0.15, 0.2) is 65.3 Å². The number of fused-ring (bicyclic) bond motifs is 1. The molecule has 0 spiro atoms. The third-order valence-corrected chi connectivity index (χ3v) is 3.18. The van der Waals surface area contributed by atoms with Crippen LogP contribution in [0.3, 0.4) is 0 Å². The quantitative estimate of drug-likeness (QED) is 0.821. The molecule has 2 aromatic rings. The number of aromatic hydroxyl groups is 1. The molecule has 6 heteroatoms. The third kappa shape index (κ3) is 2.67. The number of para-hydroxylation sites is 3. The summed E-state index contributed by atoms with van der Waals surface area (Å²) in [5, 5.41) is 12.2. The lowest BCUT2D eigenvalue weighted by atomic mass is 10.1. The number of nitrogens with one attached hydrogen (secondary N) is 1. The summed E-state index contributed by atoms with van der Waals surface area (Å²) >= 11 is 0. The second-order valence-corrected chi connectivity index (χ2v) is 4.71. The molecule has 0 saturated heterocycles. The van der Waals surface area contributed by atoms with Gasteiger partial charge in [0.2, 0.25) is 0 Å². The number of rotatable bonds is 1. The van der Waals surface area contributed by atoms with Crippen molar-refractivity contribution in [1.29, 1.82) is 0 Å². The molecule has 3 rings (SSSR count). The van der Waals surface area contributed by atoms with E-state index >= 15 is 0 Å². The van der Waals surface area contributed by atoms with Gasteiger partial charge in [0, 0.05) is 5.56 Å². The molecular formula is C16H11F3N2O. The lowest BCUT2D eigenvalue weighted by molar-refractivity contribution is -0.0901. The number of halogens is 3. The Balaban J connectivity index is 2.21. The van der Waals surface area contributed by atoms with Crippen LogP contribution in [0.25, 0.3) is 0 Å². The van der Waals surface area contributed by atoms with Crippen LogP contribution in [0.1, 0.15) is 5.56 Å². The molecule has 112 valence electrons. The second-order valence-electron chi connectivity index (χ2n) is 4.71. The van der Waals surface area contributed by atoms with Gasteiger partial charge in [-0.2, -0.15) is 13.2 Å². The molecule has 0 saturated carbocycles. The summed E-state index contributed by atoms with van der Waals surface area (Å²) in [6.45, 7) is 0. The number of hydrogen-bond acceptors (Lipinski definition) is 3.